The van der Waals surface area contributed by atoms with E-state index in [2.05, 4.69) is 5.32 Å². The van der Waals surface area contributed by atoms with E-state index in [1.165, 1.54) is 12.8 Å². The Labute approximate surface area is 95.8 Å². The topological polar surface area (TPSA) is 38.3 Å². The van der Waals surface area contributed by atoms with Crippen molar-refractivity contribution in [1.82, 2.24) is 5.32 Å². The number of nitrogens with one attached hydrogen (secondary N) is 1. The molecule has 3 heteroatoms. The van der Waals surface area contributed by atoms with Crippen LogP contribution in [0.25, 0.3) is 0 Å². The van der Waals surface area contributed by atoms with Gasteiger partial charge in [0.15, 0.2) is 0 Å². The van der Waals surface area contributed by atoms with Crippen LogP contribution in [0.15, 0.2) is 30.3 Å². The smallest absolute Gasteiger partial charge is 0.407 e. The van der Waals surface area contributed by atoms with Crippen molar-refractivity contribution in [1.29, 1.82) is 0 Å². The summed E-state index contributed by atoms with van der Waals surface area (Å²) in [4.78, 5) is 11.4. The zero-order chi connectivity index (χ0) is 11.4. The van der Waals surface area contributed by atoms with Gasteiger partial charge in [-0.2, -0.15) is 0 Å². The fourth-order valence-corrected chi connectivity index (χ4v) is 1.66. The molecule has 16 heavy (non-hydrogen) atoms. The monoisotopic (exact) mass is 219 g/mol. The van der Waals surface area contributed by atoms with Gasteiger partial charge in [0.2, 0.25) is 0 Å². The number of ether oxygens (including phenoxy) is 1. The van der Waals surface area contributed by atoms with Crippen LogP contribution in [0.4, 0.5) is 4.79 Å². The largest absolute Gasteiger partial charge is 0.445 e. The number of hydrogen-bond donors (Lipinski definition) is 1. The van der Waals surface area contributed by atoms with Gasteiger partial charge in [-0.05, 0) is 31.2 Å². The maximum atomic E-state index is 11.4. The molecule has 0 radical (unpaired) electrons. The second-order valence-electron chi connectivity index (χ2n) is 4.33. The van der Waals surface area contributed by atoms with E-state index < -0.39 is 0 Å². The number of rotatable bonds is 4. The number of benzene rings is 1. The first-order valence-electron chi connectivity index (χ1n) is 5.73. The van der Waals surface area contributed by atoms with Gasteiger partial charge in [0.25, 0.3) is 0 Å². The molecule has 1 N–H and O–H groups in total. The molecule has 1 aliphatic rings. The average Bonchev–Trinajstić information content (AvgIpc) is 3.11. The Morgan fingerprint density at radius 1 is 1.44 bits per heavy atom. The van der Waals surface area contributed by atoms with Crippen LogP contribution in [0.2, 0.25) is 0 Å². The summed E-state index contributed by atoms with van der Waals surface area (Å²) in [5.41, 5.74) is 1.01. The predicted octanol–water partition coefficient (Wildman–Crippen LogP) is 2.71. The normalized spacial score (nSPS) is 16.6. The van der Waals surface area contributed by atoms with Gasteiger partial charge in [-0.3, -0.25) is 0 Å². The molecule has 3 nitrogen and oxygen atoms in total. The Morgan fingerprint density at radius 3 is 2.75 bits per heavy atom. The second kappa shape index (κ2) is 5.01. The summed E-state index contributed by atoms with van der Waals surface area (Å²) in [6.45, 7) is 2.37. The molecule has 2 rings (SSSR count). The van der Waals surface area contributed by atoms with Crippen molar-refractivity contribution in [2.75, 3.05) is 0 Å². The van der Waals surface area contributed by atoms with Crippen LogP contribution in [-0.4, -0.2) is 12.1 Å². The van der Waals surface area contributed by atoms with Gasteiger partial charge < -0.3 is 10.1 Å². The lowest BCUT2D eigenvalue weighted by Gasteiger charge is -2.12. The maximum absolute atomic E-state index is 11.4. The van der Waals surface area contributed by atoms with Crippen molar-refractivity contribution in [2.45, 2.75) is 32.4 Å². The third-order valence-electron chi connectivity index (χ3n) is 2.89. The summed E-state index contributed by atoms with van der Waals surface area (Å²) in [5, 5.41) is 2.85. The van der Waals surface area contributed by atoms with E-state index in [4.69, 9.17) is 4.74 Å². The maximum Gasteiger partial charge on any atom is 0.407 e. The van der Waals surface area contributed by atoms with Crippen molar-refractivity contribution >= 4 is 6.09 Å². The molecular formula is C13H17NO2. The van der Waals surface area contributed by atoms with Gasteiger partial charge in [-0.25, -0.2) is 4.79 Å². The molecule has 0 heterocycles. The zero-order valence-electron chi connectivity index (χ0n) is 9.48. The summed E-state index contributed by atoms with van der Waals surface area (Å²) in [6, 6.07) is 9.93. The minimum atomic E-state index is -0.316. The van der Waals surface area contributed by atoms with Gasteiger partial charge in [-0.15, -0.1) is 0 Å². The molecule has 1 fully saturated rings. The van der Waals surface area contributed by atoms with Crippen LogP contribution < -0.4 is 5.32 Å². The van der Waals surface area contributed by atoms with Crippen molar-refractivity contribution in [2.24, 2.45) is 5.92 Å². The van der Waals surface area contributed by atoms with Crippen molar-refractivity contribution < 1.29 is 9.53 Å². The second-order valence-corrected chi connectivity index (χ2v) is 4.33. The van der Waals surface area contributed by atoms with E-state index in [9.17, 15) is 4.79 Å². The Balaban J connectivity index is 1.71. The molecule has 1 saturated carbocycles. The number of carbonyl (C=O) groups is 1. The Morgan fingerprint density at radius 2 is 2.12 bits per heavy atom. The molecule has 0 aromatic heterocycles. The number of carbonyl (C=O) groups excluding carboxylic acids is 1. The third kappa shape index (κ3) is 3.26. The minimum absolute atomic E-state index is 0.239. The van der Waals surface area contributed by atoms with E-state index in [0.29, 0.717) is 12.5 Å². The molecule has 1 aliphatic carbocycles. The van der Waals surface area contributed by atoms with E-state index in [1.807, 2.05) is 37.3 Å². The SMILES string of the molecule is CC(NC(=O)OCc1ccccc1)C1CC1. The Hall–Kier alpha value is -1.51. The van der Waals surface area contributed by atoms with Crippen LogP contribution >= 0.6 is 0 Å². The van der Waals surface area contributed by atoms with Crippen LogP contribution in [0, 0.1) is 5.92 Å². The summed E-state index contributed by atoms with van der Waals surface area (Å²) >= 11 is 0. The number of hydrogen-bond acceptors (Lipinski definition) is 2. The zero-order valence-corrected chi connectivity index (χ0v) is 9.48. The standard InChI is InChI=1S/C13H17NO2/c1-10(12-7-8-12)14-13(15)16-9-11-5-3-2-4-6-11/h2-6,10,12H,7-9H2,1H3,(H,14,15). The van der Waals surface area contributed by atoms with Gasteiger partial charge in [0.05, 0.1) is 0 Å². The molecule has 86 valence electrons. The molecular weight excluding hydrogens is 202 g/mol. The molecule has 0 spiro atoms. The molecule has 0 bridgehead atoms. The predicted molar refractivity (Wildman–Crippen MR) is 61.9 cm³/mol. The number of alkyl carbamates (subject to hydrolysis) is 1. The van der Waals surface area contributed by atoms with Gasteiger partial charge in [-0.1, -0.05) is 30.3 Å². The van der Waals surface area contributed by atoms with E-state index in [0.717, 1.165) is 5.56 Å². The lowest BCUT2D eigenvalue weighted by molar-refractivity contribution is 0.135. The molecule has 1 atom stereocenters. The molecule has 0 aliphatic heterocycles. The average molecular weight is 219 g/mol. The fraction of sp³-hybridized carbons (Fsp3) is 0.462. The lowest BCUT2D eigenvalue weighted by atomic mass is 10.2. The third-order valence-corrected chi connectivity index (χ3v) is 2.89. The first kappa shape index (κ1) is 11.0. The quantitative estimate of drug-likeness (QED) is 0.845. The van der Waals surface area contributed by atoms with Crippen LogP contribution in [0.3, 0.4) is 0 Å². The van der Waals surface area contributed by atoms with E-state index >= 15 is 0 Å². The first-order valence-corrected chi connectivity index (χ1v) is 5.73. The highest BCUT2D eigenvalue weighted by molar-refractivity contribution is 5.67. The Bertz CT molecular complexity index is 346. The highest BCUT2D eigenvalue weighted by Crippen LogP contribution is 2.32. The lowest BCUT2D eigenvalue weighted by Crippen LogP contribution is -2.34. The van der Waals surface area contributed by atoms with Gasteiger partial charge in [0, 0.05) is 6.04 Å². The van der Waals surface area contributed by atoms with Crippen molar-refractivity contribution in [3.8, 4) is 0 Å². The summed E-state index contributed by atoms with van der Waals surface area (Å²) < 4.78 is 5.13. The minimum Gasteiger partial charge on any atom is -0.445 e. The summed E-state index contributed by atoms with van der Waals surface area (Å²) in [6.07, 6.45) is 2.13. The van der Waals surface area contributed by atoms with E-state index in [-0.39, 0.29) is 12.1 Å². The fourth-order valence-electron chi connectivity index (χ4n) is 1.66. The van der Waals surface area contributed by atoms with Gasteiger partial charge >= 0.3 is 6.09 Å². The van der Waals surface area contributed by atoms with E-state index in [1.54, 1.807) is 0 Å². The van der Waals surface area contributed by atoms with Crippen molar-refractivity contribution in [3.05, 3.63) is 35.9 Å². The highest BCUT2D eigenvalue weighted by atomic mass is 16.5. The molecule has 1 unspecified atom stereocenters. The first-order chi connectivity index (χ1) is 7.75. The summed E-state index contributed by atoms with van der Waals surface area (Å²) in [7, 11) is 0. The molecule has 1 aromatic carbocycles. The Kier molecular flexibility index (Phi) is 3.44. The molecule has 1 amide bonds. The highest BCUT2D eigenvalue weighted by Gasteiger charge is 2.29. The number of amides is 1. The van der Waals surface area contributed by atoms with Crippen molar-refractivity contribution in [3.63, 3.8) is 0 Å². The van der Waals surface area contributed by atoms with Crippen LogP contribution in [0.5, 0.6) is 0 Å². The summed E-state index contributed by atoms with van der Waals surface area (Å²) in [5.74, 6) is 0.657. The molecule has 0 saturated heterocycles. The molecule has 1 aromatic rings. The van der Waals surface area contributed by atoms with Crippen LogP contribution in [0.1, 0.15) is 25.3 Å². The van der Waals surface area contributed by atoms with Crippen LogP contribution in [-0.2, 0) is 11.3 Å². The van der Waals surface area contributed by atoms with Gasteiger partial charge in [0.1, 0.15) is 6.61 Å².